The first-order valence-electron chi connectivity index (χ1n) is 5.58. The summed E-state index contributed by atoms with van der Waals surface area (Å²) < 4.78 is 66.3. The molecule has 2 rings (SSSR count). The summed E-state index contributed by atoms with van der Waals surface area (Å²) in [6.45, 7) is 1.42. The van der Waals surface area contributed by atoms with Crippen molar-refractivity contribution in [3.8, 4) is 0 Å². The van der Waals surface area contributed by atoms with Crippen LogP contribution in [0.4, 0.5) is 22.0 Å². The van der Waals surface area contributed by atoms with Gasteiger partial charge in [-0.05, 0) is 30.7 Å². The molecule has 0 N–H and O–H groups in total. The van der Waals surface area contributed by atoms with Gasteiger partial charge in [0, 0.05) is 10.6 Å². The second kappa shape index (κ2) is 5.44. The van der Waals surface area contributed by atoms with E-state index in [-0.39, 0.29) is 16.1 Å². The lowest BCUT2D eigenvalue weighted by Gasteiger charge is -2.09. The highest BCUT2D eigenvalue weighted by Crippen LogP contribution is 2.26. The summed E-state index contributed by atoms with van der Waals surface area (Å²) >= 11 is 5.67. The van der Waals surface area contributed by atoms with Crippen LogP contribution in [0.2, 0.25) is 5.02 Å². The van der Waals surface area contributed by atoms with Crippen molar-refractivity contribution in [2.45, 2.75) is 6.92 Å². The van der Waals surface area contributed by atoms with Crippen molar-refractivity contribution in [2.24, 2.45) is 0 Å². The average Bonchev–Trinajstić information content (AvgIpc) is 2.43. The number of aryl methyl sites for hydroxylation is 1. The Balaban J connectivity index is 2.70. The summed E-state index contributed by atoms with van der Waals surface area (Å²) in [4.78, 5) is 12.1. The van der Waals surface area contributed by atoms with E-state index in [0.717, 1.165) is 6.07 Å². The predicted octanol–water partition coefficient (Wildman–Crippen LogP) is 4.57. The minimum absolute atomic E-state index is 0.206. The van der Waals surface area contributed by atoms with Crippen molar-refractivity contribution in [1.29, 1.82) is 0 Å². The van der Waals surface area contributed by atoms with Gasteiger partial charge in [-0.25, -0.2) is 22.0 Å². The Morgan fingerprint density at radius 3 is 1.86 bits per heavy atom. The molecule has 0 aliphatic carbocycles. The van der Waals surface area contributed by atoms with Crippen molar-refractivity contribution in [1.82, 2.24) is 0 Å². The zero-order chi connectivity index (χ0) is 15.9. The van der Waals surface area contributed by atoms with Crippen molar-refractivity contribution in [3.63, 3.8) is 0 Å². The molecule has 0 heterocycles. The Morgan fingerprint density at radius 2 is 1.38 bits per heavy atom. The summed E-state index contributed by atoms with van der Waals surface area (Å²) in [7, 11) is 0. The molecule has 0 bridgehead atoms. The molecule has 0 fully saturated rings. The van der Waals surface area contributed by atoms with Crippen LogP contribution < -0.4 is 0 Å². The molecular weight excluding hydrogens is 315 g/mol. The highest BCUT2D eigenvalue weighted by atomic mass is 35.5. The number of hydrogen-bond donors (Lipinski definition) is 0. The fourth-order valence-corrected chi connectivity index (χ4v) is 2.05. The number of rotatable bonds is 2. The molecular formula is C14H6ClF5O. The van der Waals surface area contributed by atoms with Gasteiger partial charge in [-0.2, -0.15) is 0 Å². The quantitative estimate of drug-likeness (QED) is 0.343. The van der Waals surface area contributed by atoms with Crippen LogP contribution in [0.25, 0.3) is 0 Å². The SMILES string of the molecule is Cc1cc(Cl)ccc1C(=O)c1c(F)c(F)c(F)c(F)c1F. The van der Waals surface area contributed by atoms with Gasteiger partial charge in [0.15, 0.2) is 29.1 Å². The van der Waals surface area contributed by atoms with E-state index >= 15 is 0 Å². The molecule has 2 aromatic rings. The van der Waals surface area contributed by atoms with Crippen LogP contribution in [0, 0.1) is 36.0 Å². The third-order valence-electron chi connectivity index (χ3n) is 2.87. The normalized spacial score (nSPS) is 10.8. The molecule has 21 heavy (non-hydrogen) atoms. The van der Waals surface area contributed by atoms with Gasteiger partial charge in [0.25, 0.3) is 0 Å². The van der Waals surface area contributed by atoms with Gasteiger partial charge in [-0.1, -0.05) is 11.6 Å². The van der Waals surface area contributed by atoms with Crippen molar-refractivity contribution < 1.29 is 26.7 Å². The van der Waals surface area contributed by atoms with Gasteiger partial charge < -0.3 is 0 Å². The lowest BCUT2D eigenvalue weighted by atomic mass is 9.98. The van der Waals surface area contributed by atoms with Gasteiger partial charge in [-0.15, -0.1) is 0 Å². The van der Waals surface area contributed by atoms with Crippen LogP contribution in [0.1, 0.15) is 21.5 Å². The zero-order valence-electron chi connectivity index (χ0n) is 10.4. The molecule has 0 aliphatic heterocycles. The van der Waals surface area contributed by atoms with Crippen LogP contribution in [-0.2, 0) is 0 Å². The minimum atomic E-state index is -2.31. The summed E-state index contributed by atoms with van der Waals surface area (Å²) in [5.41, 5.74) is -1.45. The third kappa shape index (κ3) is 2.51. The van der Waals surface area contributed by atoms with Gasteiger partial charge >= 0.3 is 0 Å². The molecule has 1 nitrogen and oxygen atoms in total. The van der Waals surface area contributed by atoms with E-state index in [9.17, 15) is 26.7 Å². The van der Waals surface area contributed by atoms with Crippen LogP contribution in [0.3, 0.4) is 0 Å². The molecule has 7 heteroatoms. The Morgan fingerprint density at radius 1 is 0.905 bits per heavy atom. The first-order chi connectivity index (χ1) is 9.75. The van der Waals surface area contributed by atoms with Crippen molar-refractivity contribution >= 4 is 17.4 Å². The topological polar surface area (TPSA) is 17.1 Å². The maximum absolute atomic E-state index is 13.6. The van der Waals surface area contributed by atoms with Crippen LogP contribution in [0.15, 0.2) is 18.2 Å². The second-order valence-electron chi connectivity index (χ2n) is 4.23. The van der Waals surface area contributed by atoms with Crippen LogP contribution in [0.5, 0.6) is 0 Å². The second-order valence-corrected chi connectivity index (χ2v) is 4.67. The van der Waals surface area contributed by atoms with Crippen molar-refractivity contribution in [3.05, 3.63) is 69.0 Å². The smallest absolute Gasteiger partial charge is 0.200 e. The Kier molecular flexibility index (Phi) is 4.00. The van der Waals surface area contributed by atoms with E-state index in [2.05, 4.69) is 0 Å². The summed E-state index contributed by atoms with van der Waals surface area (Å²) in [6.07, 6.45) is 0. The Labute approximate surface area is 121 Å². The van der Waals surface area contributed by atoms with E-state index in [1.807, 2.05) is 0 Å². The van der Waals surface area contributed by atoms with Gasteiger partial charge in [0.05, 0.1) is 0 Å². The van der Waals surface area contributed by atoms with E-state index in [4.69, 9.17) is 11.6 Å². The summed E-state index contributed by atoms with van der Waals surface area (Å²) in [5.74, 6) is -12.3. The first-order valence-corrected chi connectivity index (χ1v) is 5.95. The zero-order valence-corrected chi connectivity index (χ0v) is 11.2. The molecule has 0 radical (unpaired) electrons. The number of carbonyl (C=O) groups excluding carboxylic acids is 1. The molecule has 0 saturated carbocycles. The lowest BCUT2D eigenvalue weighted by molar-refractivity contribution is 0.102. The Bertz CT molecular complexity index is 729. The summed E-state index contributed by atoms with van der Waals surface area (Å²) in [6, 6.07) is 3.76. The number of halogens is 6. The lowest BCUT2D eigenvalue weighted by Crippen LogP contribution is -2.14. The standard InChI is InChI=1S/C14H6ClF5O/c1-5-4-6(15)2-3-7(5)14(21)8-9(16)11(18)13(20)12(19)10(8)17/h2-4H,1H3. The maximum atomic E-state index is 13.6. The largest absolute Gasteiger partial charge is 0.288 e. The van der Waals surface area contributed by atoms with E-state index in [1.165, 1.54) is 19.1 Å². The van der Waals surface area contributed by atoms with Gasteiger partial charge in [0.1, 0.15) is 5.56 Å². The highest BCUT2D eigenvalue weighted by molar-refractivity contribution is 6.30. The fraction of sp³-hybridized carbons (Fsp3) is 0.0714. The molecule has 0 spiro atoms. The molecule has 0 saturated heterocycles. The molecule has 0 amide bonds. The van der Waals surface area contributed by atoms with Crippen molar-refractivity contribution in [2.75, 3.05) is 0 Å². The number of hydrogen-bond acceptors (Lipinski definition) is 1. The molecule has 2 aromatic carbocycles. The number of carbonyl (C=O) groups is 1. The average molecular weight is 321 g/mol. The van der Waals surface area contributed by atoms with Gasteiger partial charge in [-0.3, -0.25) is 4.79 Å². The fourth-order valence-electron chi connectivity index (χ4n) is 1.82. The van der Waals surface area contributed by atoms with Gasteiger partial charge in [0.2, 0.25) is 5.82 Å². The molecule has 0 aromatic heterocycles. The molecule has 0 atom stereocenters. The Hall–Kier alpha value is -1.95. The molecule has 0 aliphatic rings. The number of benzene rings is 2. The monoisotopic (exact) mass is 320 g/mol. The third-order valence-corrected chi connectivity index (χ3v) is 3.11. The molecule has 0 unspecified atom stereocenters. The van der Waals surface area contributed by atoms with E-state index in [1.54, 1.807) is 0 Å². The summed E-state index contributed by atoms with van der Waals surface area (Å²) in [5, 5.41) is 0.265. The van der Waals surface area contributed by atoms with E-state index in [0.29, 0.717) is 0 Å². The van der Waals surface area contributed by atoms with E-state index < -0.39 is 40.4 Å². The molecule has 110 valence electrons. The minimum Gasteiger partial charge on any atom is -0.288 e. The highest BCUT2D eigenvalue weighted by Gasteiger charge is 2.30. The maximum Gasteiger partial charge on any atom is 0.200 e. The van der Waals surface area contributed by atoms with Crippen LogP contribution >= 0.6 is 11.6 Å². The first kappa shape index (κ1) is 15.4. The predicted molar refractivity (Wildman–Crippen MR) is 65.9 cm³/mol. The van der Waals surface area contributed by atoms with Crippen LogP contribution in [-0.4, -0.2) is 5.78 Å². The number of ketones is 1.